The average Bonchev–Trinajstić information content (AvgIpc) is 3.17. The van der Waals surface area contributed by atoms with Crippen LogP contribution in [-0.2, 0) is 6.54 Å². The maximum atomic E-state index is 11.1. The van der Waals surface area contributed by atoms with Crippen molar-refractivity contribution in [3.05, 3.63) is 77.7 Å². The van der Waals surface area contributed by atoms with E-state index in [0.717, 1.165) is 45.3 Å². The highest BCUT2D eigenvalue weighted by atomic mass is 16.4. The Kier molecular flexibility index (Phi) is 4.78. The SMILES string of the molecule is Cc1cc(-c2ncnn3cc(-c4cccc(C=O)c4)cc23)ccc1CNC(=O)O. The molecule has 0 spiro atoms. The van der Waals surface area contributed by atoms with E-state index < -0.39 is 6.09 Å². The van der Waals surface area contributed by atoms with Crippen LogP contribution in [0.2, 0.25) is 0 Å². The number of nitrogens with one attached hydrogen (secondary N) is 1. The molecule has 0 aliphatic carbocycles. The zero-order valence-corrected chi connectivity index (χ0v) is 15.7. The van der Waals surface area contributed by atoms with Gasteiger partial charge >= 0.3 is 6.09 Å². The lowest BCUT2D eigenvalue weighted by Gasteiger charge is -2.09. The summed E-state index contributed by atoms with van der Waals surface area (Å²) < 4.78 is 1.76. The van der Waals surface area contributed by atoms with Gasteiger partial charge in [0, 0.05) is 29.4 Å². The van der Waals surface area contributed by atoms with Crippen molar-refractivity contribution in [2.45, 2.75) is 13.5 Å². The summed E-state index contributed by atoms with van der Waals surface area (Å²) in [5.41, 5.74) is 6.90. The molecule has 2 aromatic carbocycles. The minimum Gasteiger partial charge on any atom is -0.465 e. The molecule has 0 saturated carbocycles. The van der Waals surface area contributed by atoms with Gasteiger partial charge in [0.05, 0.1) is 11.2 Å². The number of carbonyl (C=O) groups excluding carboxylic acids is 1. The molecular weight excluding hydrogens is 368 g/mol. The highest BCUT2D eigenvalue weighted by molar-refractivity contribution is 5.84. The third-order valence-electron chi connectivity index (χ3n) is 4.81. The van der Waals surface area contributed by atoms with Crippen LogP contribution in [0.4, 0.5) is 4.79 Å². The summed E-state index contributed by atoms with van der Waals surface area (Å²) in [6.07, 6.45) is 3.19. The number of rotatable bonds is 5. The van der Waals surface area contributed by atoms with E-state index >= 15 is 0 Å². The number of aryl methyl sites for hydroxylation is 1. The van der Waals surface area contributed by atoms with Crippen molar-refractivity contribution >= 4 is 17.9 Å². The first-order chi connectivity index (χ1) is 14.0. The fraction of sp³-hybridized carbons (Fsp3) is 0.0909. The summed E-state index contributed by atoms with van der Waals surface area (Å²) in [6.45, 7) is 2.19. The predicted octanol–water partition coefficient (Wildman–Crippen LogP) is 3.95. The highest BCUT2D eigenvalue weighted by Crippen LogP contribution is 2.29. The van der Waals surface area contributed by atoms with E-state index in [-0.39, 0.29) is 6.54 Å². The highest BCUT2D eigenvalue weighted by Gasteiger charge is 2.12. The van der Waals surface area contributed by atoms with Crippen molar-refractivity contribution in [1.29, 1.82) is 0 Å². The van der Waals surface area contributed by atoms with Crippen molar-refractivity contribution in [3.8, 4) is 22.4 Å². The molecule has 0 aliphatic rings. The van der Waals surface area contributed by atoms with E-state index in [1.807, 2.05) is 55.6 Å². The molecule has 0 atom stereocenters. The molecule has 0 radical (unpaired) electrons. The van der Waals surface area contributed by atoms with Crippen LogP contribution in [-0.4, -0.2) is 32.1 Å². The molecular formula is C22H18N4O3. The second-order valence-electron chi connectivity index (χ2n) is 6.71. The number of hydrogen-bond donors (Lipinski definition) is 2. The Morgan fingerprint density at radius 2 is 2.00 bits per heavy atom. The second kappa shape index (κ2) is 7.55. The van der Waals surface area contributed by atoms with E-state index in [0.29, 0.717) is 5.56 Å². The van der Waals surface area contributed by atoms with Gasteiger partial charge in [0.15, 0.2) is 0 Å². The van der Waals surface area contributed by atoms with Crippen LogP contribution in [0.25, 0.3) is 27.9 Å². The Labute approximate surface area is 166 Å². The van der Waals surface area contributed by atoms with Gasteiger partial charge in [-0.1, -0.05) is 30.3 Å². The Hall–Kier alpha value is -4.00. The molecule has 1 amide bonds. The third kappa shape index (κ3) is 3.70. The average molecular weight is 386 g/mol. The lowest BCUT2D eigenvalue weighted by Crippen LogP contribution is -2.20. The fourth-order valence-electron chi connectivity index (χ4n) is 3.31. The lowest BCUT2D eigenvalue weighted by atomic mass is 10.0. The Balaban J connectivity index is 1.75. The van der Waals surface area contributed by atoms with E-state index in [4.69, 9.17) is 5.11 Å². The molecule has 0 saturated heterocycles. The number of nitrogens with zero attached hydrogens (tertiary/aromatic N) is 3. The van der Waals surface area contributed by atoms with Crippen molar-refractivity contribution in [3.63, 3.8) is 0 Å². The second-order valence-corrected chi connectivity index (χ2v) is 6.71. The van der Waals surface area contributed by atoms with Gasteiger partial charge in [0.1, 0.15) is 12.6 Å². The standard InChI is InChI=1S/C22H18N4O3/c1-14-7-17(5-6-18(14)10-23-22(28)29)21-20-9-19(11-26(20)25-13-24-21)16-4-2-3-15(8-16)12-27/h2-9,11-13,23H,10H2,1H3,(H,28,29). The summed E-state index contributed by atoms with van der Waals surface area (Å²) in [5.74, 6) is 0. The quantitative estimate of drug-likeness (QED) is 0.506. The van der Waals surface area contributed by atoms with Gasteiger partial charge in [0.2, 0.25) is 0 Å². The van der Waals surface area contributed by atoms with E-state index in [9.17, 15) is 9.59 Å². The van der Waals surface area contributed by atoms with Gasteiger partial charge in [-0.3, -0.25) is 4.79 Å². The van der Waals surface area contributed by atoms with Crippen LogP contribution in [0.15, 0.2) is 61.1 Å². The first-order valence-corrected chi connectivity index (χ1v) is 9.01. The molecule has 0 aliphatic heterocycles. The zero-order chi connectivity index (χ0) is 20.4. The molecule has 0 unspecified atom stereocenters. The number of aldehydes is 1. The van der Waals surface area contributed by atoms with E-state index in [1.165, 1.54) is 6.33 Å². The minimum absolute atomic E-state index is 0.253. The summed E-state index contributed by atoms with van der Waals surface area (Å²) in [5, 5.41) is 15.5. The van der Waals surface area contributed by atoms with Crippen LogP contribution in [0.5, 0.6) is 0 Å². The number of hydrogen-bond acceptors (Lipinski definition) is 4. The van der Waals surface area contributed by atoms with Gasteiger partial charge < -0.3 is 10.4 Å². The normalized spacial score (nSPS) is 10.8. The molecule has 29 heavy (non-hydrogen) atoms. The first-order valence-electron chi connectivity index (χ1n) is 9.01. The fourth-order valence-corrected chi connectivity index (χ4v) is 3.31. The summed E-state index contributed by atoms with van der Waals surface area (Å²) in [7, 11) is 0. The summed E-state index contributed by atoms with van der Waals surface area (Å²) in [4.78, 5) is 26.3. The number of benzene rings is 2. The number of aromatic nitrogens is 3. The molecule has 144 valence electrons. The smallest absolute Gasteiger partial charge is 0.404 e. The molecule has 4 rings (SSSR count). The van der Waals surface area contributed by atoms with Crippen LogP contribution in [0.3, 0.4) is 0 Å². The van der Waals surface area contributed by atoms with Gasteiger partial charge in [-0.15, -0.1) is 0 Å². The van der Waals surface area contributed by atoms with Crippen molar-refractivity contribution in [2.75, 3.05) is 0 Å². The van der Waals surface area contributed by atoms with Crippen molar-refractivity contribution in [1.82, 2.24) is 19.9 Å². The largest absolute Gasteiger partial charge is 0.465 e. The van der Waals surface area contributed by atoms with Gasteiger partial charge in [0.25, 0.3) is 0 Å². The monoisotopic (exact) mass is 386 g/mol. The van der Waals surface area contributed by atoms with Crippen molar-refractivity contribution < 1.29 is 14.7 Å². The number of carbonyl (C=O) groups is 2. The van der Waals surface area contributed by atoms with Crippen LogP contribution < -0.4 is 5.32 Å². The van der Waals surface area contributed by atoms with Gasteiger partial charge in [-0.25, -0.2) is 14.3 Å². The van der Waals surface area contributed by atoms with Gasteiger partial charge in [-0.05, 0) is 41.8 Å². The number of carboxylic acid groups (broad SMARTS) is 1. The maximum absolute atomic E-state index is 11.1. The molecule has 0 bridgehead atoms. The van der Waals surface area contributed by atoms with Crippen molar-refractivity contribution in [2.24, 2.45) is 0 Å². The molecule has 2 heterocycles. The minimum atomic E-state index is -1.05. The number of amides is 1. The Morgan fingerprint density at radius 1 is 1.14 bits per heavy atom. The van der Waals surface area contributed by atoms with E-state index in [2.05, 4.69) is 15.4 Å². The lowest BCUT2D eigenvalue weighted by molar-refractivity contribution is 0.112. The molecule has 0 fully saturated rings. The third-order valence-corrected chi connectivity index (χ3v) is 4.81. The molecule has 4 aromatic rings. The maximum Gasteiger partial charge on any atom is 0.404 e. The Bertz CT molecular complexity index is 1230. The first kappa shape index (κ1) is 18.4. The number of fused-ring (bicyclic) bond motifs is 1. The molecule has 2 N–H and O–H groups in total. The molecule has 7 heteroatoms. The zero-order valence-electron chi connectivity index (χ0n) is 15.7. The van der Waals surface area contributed by atoms with Crippen LogP contribution >= 0.6 is 0 Å². The summed E-state index contributed by atoms with van der Waals surface area (Å²) >= 11 is 0. The van der Waals surface area contributed by atoms with E-state index in [1.54, 1.807) is 10.6 Å². The Morgan fingerprint density at radius 3 is 2.76 bits per heavy atom. The predicted molar refractivity (Wildman–Crippen MR) is 109 cm³/mol. The summed E-state index contributed by atoms with van der Waals surface area (Å²) in [6, 6.07) is 15.2. The topological polar surface area (TPSA) is 96.6 Å². The molecule has 7 nitrogen and oxygen atoms in total. The van der Waals surface area contributed by atoms with Crippen LogP contribution in [0, 0.1) is 6.92 Å². The van der Waals surface area contributed by atoms with Gasteiger partial charge in [-0.2, -0.15) is 5.10 Å². The van der Waals surface area contributed by atoms with Crippen LogP contribution in [0.1, 0.15) is 21.5 Å². The molecule has 2 aromatic heterocycles.